The molecule has 0 radical (unpaired) electrons. The van der Waals surface area contributed by atoms with Crippen molar-refractivity contribution in [2.75, 3.05) is 0 Å². The lowest BCUT2D eigenvalue weighted by Crippen LogP contribution is -2.25. The van der Waals surface area contributed by atoms with Crippen LogP contribution in [0, 0.1) is 0 Å². The van der Waals surface area contributed by atoms with E-state index >= 15 is 0 Å². The van der Waals surface area contributed by atoms with Crippen LogP contribution in [-0.4, -0.2) is 8.97 Å². The van der Waals surface area contributed by atoms with Crippen molar-refractivity contribution < 1.29 is 4.42 Å². The lowest BCUT2D eigenvalue weighted by atomic mass is 9.70. The fourth-order valence-corrected chi connectivity index (χ4v) is 12.7. The van der Waals surface area contributed by atoms with Gasteiger partial charge in [-0.15, -0.1) is 0 Å². The number of fused-ring (bicyclic) bond motifs is 21. The molecule has 16 rings (SSSR count). The van der Waals surface area contributed by atoms with Gasteiger partial charge in [0.15, 0.2) is 0 Å². The van der Waals surface area contributed by atoms with E-state index in [-0.39, 0.29) is 5.56 Å². The number of pyridine rings is 1. The molecule has 0 fully saturated rings. The maximum atomic E-state index is 14.1. The van der Waals surface area contributed by atoms with Crippen LogP contribution in [0.4, 0.5) is 0 Å². The fraction of sp³-hybridized carbons (Fsp3) is 0.0161. The number of hydrogen-bond donors (Lipinski definition) is 0. The Balaban J connectivity index is 0.935. The summed E-state index contributed by atoms with van der Waals surface area (Å²) in [4.78, 5) is 14.1. The summed E-state index contributed by atoms with van der Waals surface area (Å²) in [6.07, 6.45) is 0. The van der Waals surface area contributed by atoms with Crippen LogP contribution in [0.25, 0.3) is 121 Å². The van der Waals surface area contributed by atoms with Crippen molar-refractivity contribution in [3.05, 3.63) is 239 Å². The fourth-order valence-electron chi connectivity index (χ4n) is 12.7. The van der Waals surface area contributed by atoms with Crippen molar-refractivity contribution in [2.45, 2.75) is 5.41 Å². The summed E-state index contributed by atoms with van der Waals surface area (Å²) in [5.74, 6) is 0. The number of aromatic nitrogens is 2. The van der Waals surface area contributed by atoms with Gasteiger partial charge in [0.05, 0.1) is 27.5 Å². The third-order valence-corrected chi connectivity index (χ3v) is 15.3. The van der Waals surface area contributed by atoms with Crippen LogP contribution in [0.1, 0.15) is 22.3 Å². The van der Waals surface area contributed by atoms with Crippen molar-refractivity contribution in [3.63, 3.8) is 0 Å². The van der Waals surface area contributed by atoms with E-state index in [1.54, 1.807) is 0 Å². The largest absolute Gasteiger partial charge is 0.456 e. The Labute approximate surface area is 376 Å². The molecule has 0 N–H and O–H groups in total. The van der Waals surface area contributed by atoms with Crippen LogP contribution in [0.5, 0.6) is 0 Å². The number of para-hydroxylation sites is 2. The topological polar surface area (TPSA) is 39.5 Å². The van der Waals surface area contributed by atoms with Gasteiger partial charge in [0, 0.05) is 48.8 Å². The molecule has 304 valence electrons. The van der Waals surface area contributed by atoms with Gasteiger partial charge in [-0.3, -0.25) is 9.20 Å². The molecule has 0 bridgehead atoms. The smallest absolute Gasteiger partial charge is 0.263 e. The zero-order valence-electron chi connectivity index (χ0n) is 35.3. The van der Waals surface area contributed by atoms with Crippen LogP contribution in [-0.2, 0) is 5.41 Å². The minimum absolute atomic E-state index is 0.0143. The van der Waals surface area contributed by atoms with Crippen molar-refractivity contribution in [1.82, 2.24) is 8.97 Å². The first-order valence-electron chi connectivity index (χ1n) is 22.7. The van der Waals surface area contributed by atoms with E-state index in [1.807, 2.05) is 22.6 Å². The van der Waals surface area contributed by atoms with Gasteiger partial charge in [-0.2, -0.15) is 0 Å². The van der Waals surface area contributed by atoms with Gasteiger partial charge in [-0.05, 0) is 122 Å². The molecule has 10 aromatic carbocycles. The molecular formula is C62H34N2O2. The van der Waals surface area contributed by atoms with E-state index in [4.69, 9.17) is 4.42 Å². The van der Waals surface area contributed by atoms with E-state index in [0.29, 0.717) is 0 Å². The average molecular weight is 839 g/mol. The van der Waals surface area contributed by atoms with Crippen molar-refractivity contribution in [2.24, 2.45) is 0 Å². The van der Waals surface area contributed by atoms with Crippen LogP contribution in [0.3, 0.4) is 0 Å². The summed E-state index contributed by atoms with van der Waals surface area (Å²) in [5.41, 5.74) is 19.3. The zero-order valence-corrected chi connectivity index (χ0v) is 35.3. The number of rotatable bonds is 2. The zero-order chi connectivity index (χ0) is 43.0. The van der Waals surface area contributed by atoms with Gasteiger partial charge in [-0.1, -0.05) is 146 Å². The molecule has 0 unspecified atom stereocenters. The molecule has 0 aliphatic heterocycles. The Bertz CT molecular complexity index is 4520. The minimum atomic E-state index is -0.418. The highest BCUT2D eigenvalue weighted by atomic mass is 16.3. The van der Waals surface area contributed by atoms with Gasteiger partial charge in [0.25, 0.3) is 5.56 Å². The second-order valence-electron chi connectivity index (χ2n) is 18.2. The Kier molecular flexibility index (Phi) is 6.36. The van der Waals surface area contributed by atoms with E-state index in [2.05, 4.69) is 193 Å². The Morgan fingerprint density at radius 1 is 0.364 bits per heavy atom. The number of benzene rings is 10. The van der Waals surface area contributed by atoms with E-state index in [1.165, 1.54) is 60.8 Å². The van der Waals surface area contributed by atoms with E-state index < -0.39 is 5.41 Å². The van der Waals surface area contributed by atoms with Crippen molar-refractivity contribution in [1.29, 1.82) is 0 Å². The van der Waals surface area contributed by atoms with Crippen LogP contribution >= 0.6 is 0 Å². The maximum absolute atomic E-state index is 14.1. The van der Waals surface area contributed by atoms with E-state index in [9.17, 15) is 4.79 Å². The molecule has 66 heavy (non-hydrogen) atoms. The third-order valence-electron chi connectivity index (χ3n) is 15.3. The summed E-state index contributed by atoms with van der Waals surface area (Å²) in [6, 6.07) is 74.8. The van der Waals surface area contributed by atoms with Crippen LogP contribution in [0.2, 0.25) is 0 Å². The standard InChI is InChI=1S/C62H34N2O2/c65-61-45-18-2-1-13-38(45)43-20-11-21-44-47-31-35(27-29-55(47)64(61)60(43)44)37-19-12-26-58-59(37)49-32-36(28-30-57(49)66-58)63-54-25-10-6-17-42(54)48-33-53-46(34-56(48)63)41-16-5-9-24-52(41)62(53)50-22-7-3-14-39(50)40-15-4-8-23-51(40)62/h1-34H. The molecular weight excluding hydrogens is 805 g/mol. The van der Waals surface area contributed by atoms with Crippen LogP contribution < -0.4 is 5.56 Å². The molecule has 0 saturated carbocycles. The SMILES string of the molecule is O=c1c2ccccc2c2cccc3c4cc(-c5cccc6oc7ccc(-n8c9ccccc9c9cc%10c(cc98)-c8ccccc8C%108c9ccccc9-c9ccccc98)cc7c56)ccc4n1c23. The Morgan fingerprint density at radius 3 is 1.74 bits per heavy atom. The Hall–Kier alpha value is -8.73. The molecule has 4 aromatic heterocycles. The number of hydrogen-bond acceptors (Lipinski definition) is 2. The van der Waals surface area contributed by atoms with Crippen molar-refractivity contribution in [3.8, 4) is 39.1 Å². The van der Waals surface area contributed by atoms with Gasteiger partial charge in [0.1, 0.15) is 11.2 Å². The van der Waals surface area contributed by atoms with Gasteiger partial charge in [-0.25, -0.2) is 0 Å². The highest BCUT2D eigenvalue weighted by Crippen LogP contribution is 2.63. The molecule has 0 atom stereocenters. The van der Waals surface area contributed by atoms with Crippen LogP contribution in [0.15, 0.2) is 215 Å². The second kappa shape index (κ2) is 12.1. The first-order valence-corrected chi connectivity index (χ1v) is 22.7. The monoisotopic (exact) mass is 838 g/mol. The second-order valence-corrected chi connectivity index (χ2v) is 18.2. The quantitative estimate of drug-likeness (QED) is 0.163. The summed E-state index contributed by atoms with van der Waals surface area (Å²) in [5, 5.41) is 9.52. The first-order chi connectivity index (χ1) is 32.7. The molecule has 14 aromatic rings. The molecule has 1 spiro atoms. The predicted molar refractivity (Wildman–Crippen MR) is 271 cm³/mol. The van der Waals surface area contributed by atoms with Crippen molar-refractivity contribution >= 4 is 81.7 Å². The van der Waals surface area contributed by atoms with Gasteiger partial charge >= 0.3 is 0 Å². The van der Waals surface area contributed by atoms with E-state index in [0.717, 1.165) is 82.2 Å². The lowest BCUT2D eigenvalue weighted by molar-refractivity contribution is 0.669. The summed E-state index contributed by atoms with van der Waals surface area (Å²) in [6.45, 7) is 0. The maximum Gasteiger partial charge on any atom is 0.263 e. The van der Waals surface area contributed by atoms with Gasteiger partial charge < -0.3 is 8.98 Å². The average Bonchev–Trinajstić information content (AvgIpc) is 4.16. The molecule has 2 aliphatic carbocycles. The molecule has 0 saturated heterocycles. The number of nitrogens with zero attached hydrogens (tertiary/aromatic N) is 2. The Morgan fingerprint density at radius 2 is 0.970 bits per heavy atom. The summed E-state index contributed by atoms with van der Waals surface area (Å²) in [7, 11) is 0. The molecule has 4 heterocycles. The van der Waals surface area contributed by atoms with Gasteiger partial charge in [0.2, 0.25) is 0 Å². The highest BCUT2D eigenvalue weighted by Gasteiger charge is 2.51. The molecule has 4 heteroatoms. The minimum Gasteiger partial charge on any atom is -0.456 e. The summed E-state index contributed by atoms with van der Waals surface area (Å²) < 4.78 is 11.0. The highest BCUT2D eigenvalue weighted by molar-refractivity contribution is 6.22. The first kappa shape index (κ1) is 34.7. The number of furan rings is 1. The molecule has 2 aliphatic rings. The predicted octanol–water partition coefficient (Wildman–Crippen LogP) is 15.2. The molecule has 4 nitrogen and oxygen atoms in total. The summed E-state index contributed by atoms with van der Waals surface area (Å²) >= 11 is 0. The molecule has 0 amide bonds. The normalized spacial score (nSPS) is 13.6. The lowest BCUT2D eigenvalue weighted by Gasteiger charge is -2.30. The third kappa shape index (κ3) is 4.06.